The molecule has 0 aliphatic heterocycles. The van der Waals surface area contributed by atoms with Crippen molar-refractivity contribution in [2.45, 2.75) is 13.0 Å². The summed E-state index contributed by atoms with van der Waals surface area (Å²) in [5, 5.41) is 1.04. The van der Waals surface area contributed by atoms with Gasteiger partial charge in [-0.05, 0) is 58.7 Å². The van der Waals surface area contributed by atoms with Gasteiger partial charge in [-0.1, -0.05) is 29.3 Å². The molecule has 0 heterocycles. The summed E-state index contributed by atoms with van der Waals surface area (Å²) < 4.78 is 6.58. The molecule has 0 saturated carbocycles. The molecule has 0 spiro atoms. The molecular weight excluding hydrogens is 349 g/mol. The fourth-order valence-electron chi connectivity index (χ4n) is 1.56. The van der Waals surface area contributed by atoms with Crippen molar-refractivity contribution in [1.82, 2.24) is 0 Å². The lowest BCUT2D eigenvalue weighted by atomic mass is 10.1. The molecule has 0 aromatic heterocycles. The third-order valence-electron chi connectivity index (χ3n) is 2.60. The van der Waals surface area contributed by atoms with Gasteiger partial charge in [0.1, 0.15) is 11.5 Å². The smallest absolute Gasteiger partial charge is 0.146 e. The monoisotopic (exact) mass is 359 g/mol. The molecule has 0 saturated heterocycles. The summed E-state index contributed by atoms with van der Waals surface area (Å²) in [6.07, 6.45) is 0. The molecular formula is C14H12BrCl2NO. The Labute approximate surface area is 130 Å². The lowest BCUT2D eigenvalue weighted by molar-refractivity contribution is 0.479. The maximum absolute atomic E-state index is 6.07. The van der Waals surface area contributed by atoms with E-state index < -0.39 is 0 Å². The van der Waals surface area contributed by atoms with Crippen LogP contribution in [-0.2, 0) is 0 Å². The van der Waals surface area contributed by atoms with Gasteiger partial charge in [-0.25, -0.2) is 0 Å². The summed E-state index contributed by atoms with van der Waals surface area (Å²) >= 11 is 15.4. The average Bonchev–Trinajstić information content (AvgIpc) is 2.34. The van der Waals surface area contributed by atoms with Crippen LogP contribution in [0.4, 0.5) is 0 Å². The molecule has 5 heteroatoms. The molecule has 2 aromatic carbocycles. The van der Waals surface area contributed by atoms with Gasteiger partial charge in [0.05, 0.1) is 9.50 Å². The fourth-order valence-corrected chi connectivity index (χ4v) is 2.48. The van der Waals surface area contributed by atoms with Crippen LogP contribution >= 0.6 is 39.1 Å². The van der Waals surface area contributed by atoms with Crippen LogP contribution in [0.2, 0.25) is 10.0 Å². The summed E-state index contributed by atoms with van der Waals surface area (Å²) in [6, 6.07) is 10.8. The van der Waals surface area contributed by atoms with Crippen LogP contribution in [0.3, 0.4) is 0 Å². The lowest BCUT2D eigenvalue weighted by Gasteiger charge is -2.12. The first-order valence-corrected chi connectivity index (χ1v) is 7.20. The van der Waals surface area contributed by atoms with E-state index in [2.05, 4.69) is 15.9 Å². The second kappa shape index (κ2) is 6.14. The molecule has 1 atom stereocenters. The first-order chi connectivity index (χ1) is 8.97. The number of hydrogen-bond donors (Lipinski definition) is 1. The van der Waals surface area contributed by atoms with Crippen molar-refractivity contribution in [3.8, 4) is 11.5 Å². The van der Waals surface area contributed by atoms with Gasteiger partial charge in [0.25, 0.3) is 0 Å². The van der Waals surface area contributed by atoms with E-state index >= 15 is 0 Å². The number of benzene rings is 2. The maximum atomic E-state index is 6.07. The predicted octanol–water partition coefficient (Wildman–Crippen LogP) is 5.57. The van der Waals surface area contributed by atoms with Gasteiger partial charge in [-0.15, -0.1) is 0 Å². The SMILES string of the molecule is CC(N)c1ccc(Oc2ccc(Cl)cc2Cl)c(Br)c1. The molecule has 0 fully saturated rings. The van der Waals surface area contributed by atoms with Crippen molar-refractivity contribution < 1.29 is 4.74 Å². The molecule has 0 bridgehead atoms. The number of hydrogen-bond acceptors (Lipinski definition) is 2. The van der Waals surface area contributed by atoms with E-state index in [0.29, 0.717) is 21.5 Å². The zero-order chi connectivity index (χ0) is 14.0. The van der Waals surface area contributed by atoms with Crippen LogP contribution in [0.25, 0.3) is 0 Å². The second-order valence-corrected chi connectivity index (χ2v) is 5.85. The van der Waals surface area contributed by atoms with E-state index in [9.17, 15) is 0 Å². The van der Waals surface area contributed by atoms with E-state index in [4.69, 9.17) is 33.7 Å². The summed E-state index contributed by atoms with van der Waals surface area (Å²) in [4.78, 5) is 0. The molecule has 2 nitrogen and oxygen atoms in total. The zero-order valence-corrected chi connectivity index (χ0v) is 13.3. The van der Waals surface area contributed by atoms with Crippen LogP contribution < -0.4 is 10.5 Å². The highest BCUT2D eigenvalue weighted by atomic mass is 79.9. The first kappa shape index (κ1) is 14.7. The lowest BCUT2D eigenvalue weighted by Crippen LogP contribution is -2.04. The minimum Gasteiger partial charge on any atom is -0.455 e. The molecule has 0 amide bonds. The normalized spacial score (nSPS) is 12.3. The Morgan fingerprint density at radius 2 is 1.79 bits per heavy atom. The summed E-state index contributed by atoms with van der Waals surface area (Å²) in [6.45, 7) is 1.93. The maximum Gasteiger partial charge on any atom is 0.146 e. The standard InChI is InChI=1S/C14H12BrCl2NO/c1-8(18)9-2-4-13(11(15)6-9)19-14-5-3-10(16)7-12(14)17/h2-8H,18H2,1H3. The molecule has 2 N–H and O–H groups in total. The van der Waals surface area contributed by atoms with Crippen LogP contribution in [-0.4, -0.2) is 0 Å². The first-order valence-electron chi connectivity index (χ1n) is 5.65. The number of rotatable bonds is 3. The molecule has 19 heavy (non-hydrogen) atoms. The highest BCUT2D eigenvalue weighted by Gasteiger charge is 2.09. The summed E-state index contributed by atoms with van der Waals surface area (Å²) in [7, 11) is 0. The topological polar surface area (TPSA) is 35.2 Å². The predicted molar refractivity (Wildman–Crippen MR) is 83.3 cm³/mol. The highest BCUT2D eigenvalue weighted by Crippen LogP contribution is 2.35. The molecule has 0 aliphatic carbocycles. The molecule has 0 radical (unpaired) electrons. The Hall–Kier alpha value is -0.740. The van der Waals surface area contributed by atoms with Gasteiger partial charge in [0.2, 0.25) is 0 Å². The van der Waals surface area contributed by atoms with Crippen LogP contribution in [0.15, 0.2) is 40.9 Å². The Morgan fingerprint density at radius 1 is 1.11 bits per heavy atom. The molecule has 2 rings (SSSR count). The van der Waals surface area contributed by atoms with Gasteiger partial charge in [-0.2, -0.15) is 0 Å². The van der Waals surface area contributed by atoms with Crippen molar-refractivity contribution in [1.29, 1.82) is 0 Å². The zero-order valence-electron chi connectivity index (χ0n) is 10.2. The second-order valence-electron chi connectivity index (χ2n) is 4.16. The van der Waals surface area contributed by atoms with Gasteiger partial charge in [0.15, 0.2) is 0 Å². The Balaban J connectivity index is 2.28. The van der Waals surface area contributed by atoms with Crippen molar-refractivity contribution in [3.63, 3.8) is 0 Å². The van der Waals surface area contributed by atoms with Crippen LogP contribution in [0, 0.1) is 0 Å². The molecule has 2 aromatic rings. The Morgan fingerprint density at radius 3 is 2.37 bits per heavy atom. The minimum absolute atomic E-state index is 0.0236. The molecule has 1 unspecified atom stereocenters. The summed E-state index contributed by atoms with van der Waals surface area (Å²) in [5.41, 5.74) is 6.86. The minimum atomic E-state index is -0.0236. The number of nitrogens with two attached hydrogens (primary N) is 1. The van der Waals surface area contributed by atoms with Crippen molar-refractivity contribution >= 4 is 39.1 Å². The van der Waals surface area contributed by atoms with E-state index in [0.717, 1.165) is 10.0 Å². The molecule has 0 aliphatic rings. The van der Waals surface area contributed by atoms with E-state index in [1.165, 1.54) is 0 Å². The number of halogens is 3. The van der Waals surface area contributed by atoms with Crippen molar-refractivity contribution in [3.05, 3.63) is 56.5 Å². The van der Waals surface area contributed by atoms with Gasteiger partial charge in [-0.3, -0.25) is 0 Å². The summed E-state index contributed by atoms with van der Waals surface area (Å²) in [5.74, 6) is 1.23. The van der Waals surface area contributed by atoms with Crippen molar-refractivity contribution in [2.75, 3.05) is 0 Å². The van der Waals surface area contributed by atoms with Crippen molar-refractivity contribution in [2.24, 2.45) is 5.73 Å². The third-order valence-corrected chi connectivity index (χ3v) is 3.75. The average molecular weight is 361 g/mol. The van der Waals surface area contributed by atoms with Crippen LogP contribution in [0.1, 0.15) is 18.5 Å². The van der Waals surface area contributed by atoms with Gasteiger partial charge in [0, 0.05) is 11.1 Å². The quantitative estimate of drug-likeness (QED) is 0.776. The van der Waals surface area contributed by atoms with Gasteiger partial charge < -0.3 is 10.5 Å². The van der Waals surface area contributed by atoms with E-state index in [1.54, 1.807) is 18.2 Å². The van der Waals surface area contributed by atoms with E-state index in [1.807, 2.05) is 25.1 Å². The van der Waals surface area contributed by atoms with Gasteiger partial charge >= 0.3 is 0 Å². The van der Waals surface area contributed by atoms with E-state index in [-0.39, 0.29) is 6.04 Å². The largest absolute Gasteiger partial charge is 0.455 e. The number of ether oxygens (including phenoxy) is 1. The Kier molecular flexibility index (Phi) is 4.74. The Bertz CT molecular complexity index is 602. The third kappa shape index (κ3) is 3.63. The fraction of sp³-hybridized carbons (Fsp3) is 0.143. The molecule has 100 valence electrons. The van der Waals surface area contributed by atoms with Crippen LogP contribution in [0.5, 0.6) is 11.5 Å². The highest BCUT2D eigenvalue weighted by molar-refractivity contribution is 9.10.